The molecule has 108 valence electrons. The van der Waals surface area contributed by atoms with Crippen LogP contribution in [0.2, 0.25) is 0 Å². The van der Waals surface area contributed by atoms with E-state index in [1.807, 2.05) is 24.4 Å². The molecule has 1 N–H and O–H groups in total. The van der Waals surface area contributed by atoms with Crippen LogP contribution in [-0.2, 0) is 19.6 Å². The number of aryl methyl sites for hydroxylation is 1. The molecule has 0 aliphatic carbocycles. The van der Waals surface area contributed by atoms with Crippen molar-refractivity contribution in [2.75, 3.05) is 7.05 Å². The van der Waals surface area contributed by atoms with Crippen molar-refractivity contribution in [3.63, 3.8) is 0 Å². The number of hydrogen-bond donors (Lipinski definition) is 1. The third-order valence-corrected chi connectivity index (χ3v) is 3.64. The molecule has 0 amide bonds. The summed E-state index contributed by atoms with van der Waals surface area (Å²) in [5.74, 6) is 1.49. The Bertz CT molecular complexity index is 551. The summed E-state index contributed by atoms with van der Waals surface area (Å²) in [7, 11) is 2.07. The maximum atomic E-state index is 9.00. The molecule has 20 heavy (non-hydrogen) atoms. The average Bonchev–Trinajstić information content (AvgIpc) is 2.89. The molecular weight excluding hydrogens is 252 g/mol. The fraction of sp³-hybridized carbons (Fsp3) is 0.438. The van der Waals surface area contributed by atoms with Gasteiger partial charge < -0.3 is 9.52 Å². The quantitative estimate of drug-likeness (QED) is 0.879. The number of aliphatic hydroxyl groups excluding tert-OH is 1. The Kier molecular flexibility index (Phi) is 4.93. The standard InChI is InChI=1S/C16H22N2O2/c1-12-5-4-8-17-16(12)9-13(2)18(3)10-14-6-7-15(11-19)20-14/h4-8,13,19H,9-11H2,1-3H3. The van der Waals surface area contributed by atoms with E-state index in [0.717, 1.165) is 24.4 Å². The summed E-state index contributed by atoms with van der Waals surface area (Å²) in [4.78, 5) is 6.67. The van der Waals surface area contributed by atoms with Crippen LogP contribution in [0.1, 0.15) is 29.7 Å². The van der Waals surface area contributed by atoms with Crippen molar-refractivity contribution >= 4 is 0 Å². The highest BCUT2D eigenvalue weighted by atomic mass is 16.4. The maximum Gasteiger partial charge on any atom is 0.129 e. The van der Waals surface area contributed by atoms with Crippen LogP contribution in [0.5, 0.6) is 0 Å². The van der Waals surface area contributed by atoms with Crippen molar-refractivity contribution < 1.29 is 9.52 Å². The Morgan fingerprint density at radius 3 is 2.70 bits per heavy atom. The zero-order valence-electron chi connectivity index (χ0n) is 12.3. The minimum Gasteiger partial charge on any atom is -0.462 e. The minimum atomic E-state index is -0.0492. The molecule has 4 heteroatoms. The molecule has 2 aromatic heterocycles. The van der Waals surface area contributed by atoms with Gasteiger partial charge in [-0.15, -0.1) is 0 Å². The van der Waals surface area contributed by atoms with E-state index < -0.39 is 0 Å². The monoisotopic (exact) mass is 274 g/mol. The van der Waals surface area contributed by atoms with Crippen LogP contribution in [-0.4, -0.2) is 28.1 Å². The number of furan rings is 1. The molecule has 0 saturated carbocycles. The second kappa shape index (κ2) is 6.68. The van der Waals surface area contributed by atoms with Gasteiger partial charge in [-0.3, -0.25) is 9.88 Å². The van der Waals surface area contributed by atoms with E-state index in [-0.39, 0.29) is 6.61 Å². The van der Waals surface area contributed by atoms with Crippen LogP contribution in [0.3, 0.4) is 0 Å². The summed E-state index contributed by atoms with van der Waals surface area (Å²) in [5.41, 5.74) is 2.37. The SMILES string of the molecule is Cc1cccnc1CC(C)N(C)Cc1ccc(CO)o1. The van der Waals surface area contributed by atoms with E-state index >= 15 is 0 Å². The zero-order valence-corrected chi connectivity index (χ0v) is 12.3. The first-order valence-electron chi connectivity index (χ1n) is 6.89. The van der Waals surface area contributed by atoms with Crippen molar-refractivity contribution in [3.8, 4) is 0 Å². The Morgan fingerprint density at radius 2 is 2.05 bits per heavy atom. The van der Waals surface area contributed by atoms with Gasteiger partial charge in [-0.1, -0.05) is 6.07 Å². The molecule has 4 nitrogen and oxygen atoms in total. The van der Waals surface area contributed by atoms with E-state index in [4.69, 9.17) is 9.52 Å². The lowest BCUT2D eigenvalue weighted by molar-refractivity contribution is 0.210. The van der Waals surface area contributed by atoms with Crippen LogP contribution in [0.15, 0.2) is 34.9 Å². The van der Waals surface area contributed by atoms with Gasteiger partial charge in [-0.05, 0) is 44.7 Å². The second-order valence-electron chi connectivity index (χ2n) is 5.26. The zero-order chi connectivity index (χ0) is 14.5. The van der Waals surface area contributed by atoms with Crippen LogP contribution < -0.4 is 0 Å². The number of hydrogen-bond acceptors (Lipinski definition) is 4. The molecule has 2 aromatic rings. The first kappa shape index (κ1) is 14.8. The van der Waals surface area contributed by atoms with Gasteiger partial charge in [0.1, 0.15) is 18.1 Å². The Hall–Kier alpha value is -1.65. The second-order valence-corrected chi connectivity index (χ2v) is 5.26. The molecule has 0 aromatic carbocycles. The van der Waals surface area contributed by atoms with Gasteiger partial charge in [0, 0.05) is 24.4 Å². The predicted molar refractivity (Wildman–Crippen MR) is 78.2 cm³/mol. The van der Waals surface area contributed by atoms with Gasteiger partial charge >= 0.3 is 0 Å². The van der Waals surface area contributed by atoms with Crippen LogP contribution in [0.4, 0.5) is 0 Å². The average molecular weight is 274 g/mol. The van der Waals surface area contributed by atoms with Gasteiger partial charge in [0.15, 0.2) is 0 Å². The lowest BCUT2D eigenvalue weighted by atomic mass is 10.1. The van der Waals surface area contributed by atoms with E-state index in [0.29, 0.717) is 11.8 Å². The number of likely N-dealkylation sites (N-methyl/N-ethyl adjacent to an activating group) is 1. The fourth-order valence-corrected chi connectivity index (χ4v) is 2.16. The number of rotatable bonds is 6. The van der Waals surface area contributed by atoms with E-state index in [1.54, 1.807) is 0 Å². The number of nitrogens with zero attached hydrogens (tertiary/aromatic N) is 2. The van der Waals surface area contributed by atoms with Gasteiger partial charge in [-0.25, -0.2) is 0 Å². The molecule has 0 radical (unpaired) electrons. The van der Waals surface area contributed by atoms with E-state index in [1.165, 1.54) is 5.56 Å². The van der Waals surface area contributed by atoms with E-state index in [9.17, 15) is 0 Å². The summed E-state index contributed by atoms with van der Waals surface area (Å²) >= 11 is 0. The highest BCUT2D eigenvalue weighted by Gasteiger charge is 2.14. The van der Waals surface area contributed by atoms with E-state index in [2.05, 4.69) is 36.8 Å². The number of pyridine rings is 1. The lowest BCUT2D eigenvalue weighted by Gasteiger charge is -2.24. The highest BCUT2D eigenvalue weighted by Crippen LogP contribution is 2.14. The van der Waals surface area contributed by atoms with Crippen molar-refractivity contribution in [1.82, 2.24) is 9.88 Å². The molecule has 0 aliphatic heterocycles. The van der Waals surface area contributed by atoms with Gasteiger partial charge in [0.05, 0.1) is 6.54 Å². The maximum absolute atomic E-state index is 9.00. The van der Waals surface area contributed by atoms with Gasteiger partial charge in [0.2, 0.25) is 0 Å². The van der Waals surface area contributed by atoms with Gasteiger partial charge in [-0.2, -0.15) is 0 Å². The van der Waals surface area contributed by atoms with Crippen molar-refractivity contribution in [2.45, 2.75) is 39.5 Å². The molecule has 0 saturated heterocycles. The predicted octanol–water partition coefficient (Wildman–Crippen LogP) is 2.54. The highest BCUT2D eigenvalue weighted by molar-refractivity contribution is 5.18. The normalized spacial score (nSPS) is 12.8. The molecule has 2 rings (SSSR count). The molecule has 0 bridgehead atoms. The molecule has 2 heterocycles. The molecule has 1 unspecified atom stereocenters. The number of aromatic nitrogens is 1. The Morgan fingerprint density at radius 1 is 1.30 bits per heavy atom. The smallest absolute Gasteiger partial charge is 0.129 e. The third kappa shape index (κ3) is 3.68. The van der Waals surface area contributed by atoms with Crippen molar-refractivity contribution in [2.24, 2.45) is 0 Å². The Labute approximate surface area is 120 Å². The van der Waals surface area contributed by atoms with Crippen molar-refractivity contribution in [1.29, 1.82) is 0 Å². The van der Waals surface area contributed by atoms with Gasteiger partial charge in [0.25, 0.3) is 0 Å². The summed E-state index contributed by atoms with van der Waals surface area (Å²) in [6.07, 6.45) is 2.76. The first-order valence-corrected chi connectivity index (χ1v) is 6.89. The van der Waals surface area contributed by atoms with Crippen LogP contribution in [0, 0.1) is 6.92 Å². The third-order valence-electron chi connectivity index (χ3n) is 3.64. The summed E-state index contributed by atoms with van der Waals surface area (Å²) in [5, 5.41) is 9.00. The first-order chi connectivity index (χ1) is 9.60. The minimum absolute atomic E-state index is 0.0492. The summed E-state index contributed by atoms with van der Waals surface area (Å²) in [6, 6.07) is 8.16. The number of aliphatic hydroxyl groups is 1. The fourth-order valence-electron chi connectivity index (χ4n) is 2.16. The van der Waals surface area contributed by atoms with Crippen LogP contribution in [0.25, 0.3) is 0 Å². The molecule has 0 aliphatic rings. The topological polar surface area (TPSA) is 49.5 Å². The summed E-state index contributed by atoms with van der Waals surface area (Å²) < 4.78 is 5.52. The van der Waals surface area contributed by atoms with Crippen molar-refractivity contribution in [3.05, 3.63) is 53.2 Å². The molecular formula is C16H22N2O2. The Balaban J connectivity index is 1.95. The summed E-state index contributed by atoms with van der Waals surface area (Å²) in [6.45, 7) is 4.96. The molecule has 1 atom stereocenters. The largest absolute Gasteiger partial charge is 0.462 e. The van der Waals surface area contributed by atoms with Crippen LogP contribution >= 0.6 is 0 Å². The molecule has 0 spiro atoms. The molecule has 0 fully saturated rings. The lowest BCUT2D eigenvalue weighted by Crippen LogP contribution is -2.30.